The highest BCUT2D eigenvalue weighted by atomic mass is 19.1. The summed E-state index contributed by atoms with van der Waals surface area (Å²) in [5, 5.41) is 3.12. The van der Waals surface area contributed by atoms with Crippen molar-refractivity contribution in [2.45, 2.75) is 6.42 Å². The zero-order valence-corrected chi connectivity index (χ0v) is 10.2. The molecule has 94 valence electrons. The summed E-state index contributed by atoms with van der Waals surface area (Å²) in [7, 11) is 1.93. The van der Waals surface area contributed by atoms with Gasteiger partial charge in [0.1, 0.15) is 5.82 Å². The van der Waals surface area contributed by atoms with Crippen molar-refractivity contribution in [1.82, 2.24) is 5.32 Å². The normalized spacial score (nSPS) is 16.2. The lowest BCUT2D eigenvalue weighted by Crippen LogP contribution is -2.37. The second-order valence-electron chi connectivity index (χ2n) is 4.23. The lowest BCUT2D eigenvalue weighted by Gasteiger charge is -2.30. The van der Waals surface area contributed by atoms with Gasteiger partial charge in [0.05, 0.1) is 13.2 Å². The zero-order chi connectivity index (χ0) is 12.1. The Morgan fingerprint density at radius 3 is 2.82 bits per heavy atom. The molecule has 0 amide bonds. The summed E-state index contributed by atoms with van der Waals surface area (Å²) in [5.74, 6) is -0.167. The molecule has 4 heteroatoms. The number of likely N-dealkylation sites (N-methyl/N-ethyl adjacent to an activating group) is 1. The fourth-order valence-corrected chi connectivity index (χ4v) is 2.11. The number of nitrogens with zero attached hydrogens (tertiary/aromatic N) is 1. The predicted octanol–water partition coefficient (Wildman–Crippen LogP) is 1.42. The highest BCUT2D eigenvalue weighted by Crippen LogP contribution is 2.23. The molecule has 1 heterocycles. The fraction of sp³-hybridized carbons (Fsp3) is 0.538. The Morgan fingerprint density at radius 1 is 1.35 bits per heavy atom. The summed E-state index contributed by atoms with van der Waals surface area (Å²) >= 11 is 0. The minimum absolute atomic E-state index is 0.167. The number of hydrogen-bond acceptors (Lipinski definition) is 3. The first-order valence-corrected chi connectivity index (χ1v) is 6.07. The summed E-state index contributed by atoms with van der Waals surface area (Å²) in [6, 6.07) is 5.06. The van der Waals surface area contributed by atoms with E-state index in [1.165, 1.54) is 11.6 Å². The third kappa shape index (κ3) is 3.17. The van der Waals surface area contributed by atoms with Crippen LogP contribution >= 0.6 is 0 Å². The maximum absolute atomic E-state index is 13.4. The summed E-state index contributed by atoms with van der Waals surface area (Å²) in [4.78, 5) is 2.21. The Bertz CT molecular complexity index is 364. The van der Waals surface area contributed by atoms with Crippen molar-refractivity contribution in [1.29, 1.82) is 0 Å². The number of nitrogens with one attached hydrogen (secondary N) is 1. The van der Waals surface area contributed by atoms with Crippen LogP contribution in [-0.2, 0) is 11.2 Å². The van der Waals surface area contributed by atoms with Gasteiger partial charge < -0.3 is 15.0 Å². The standard InChI is InChI=1S/C13H19FN2O/c1-15-5-4-11-2-3-12(14)10-13(11)16-6-8-17-9-7-16/h2-3,10,15H,4-9H2,1H3. The van der Waals surface area contributed by atoms with E-state index in [0.29, 0.717) is 0 Å². The van der Waals surface area contributed by atoms with Gasteiger partial charge in [0.25, 0.3) is 0 Å². The van der Waals surface area contributed by atoms with Crippen LogP contribution in [0.2, 0.25) is 0 Å². The number of rotatable bonds is 4. The van der Waals surface area contributed by atoms with Gasteiger partial charge in [0, 0.05) is 18.8 Å². The lowest BCUT2D eigenvalue weighted by molar-refractivity contribution is 0.122. The van der Waals surface area contributed by atoms with Crippen LogP contribution in [0.1, 0.15) is 5.56 Å². The van der Waals surface area contributed by atoms with Crippen LogP contribution in [0.3, 0.4) is 0 Å². The zero-order valence-electron chi connectivity index (χ0n) is 10.2. The van der Waals surface area contributed by atoms with E-state index in [2.05, 4.69) is 10.2 Å². The van der Waals surface area contributed by atoms with E-state index >= 15 is 0 Å². The van der Waals surface area contributed by atoms with E-state index < -0.39 is 0 Å². The van der Waals surface area contributed by atoms with Crippen molar-refractivity contribution < 1.29 is 9.13 Å². The summed E-state index contributed by atoms with van der Waals surface area (Å²) in [6.45, 7) is 4.04. The molecule has 0 unspecified atom stereocenters. The third-order valence-corrected chi connectivity index (χ3v) is 3.04. The maximum Gasteiger partial charge on any atom is 0.125 e. The molecule has 1 aromatic rings. The molecule has 0 aliphatic carbocycles. The number of hydrogen-bond donors (Lipinski definition) is 1. The molecule has 3 nitrogen and oxygen atoms in total. The van der Waals surface area contributed by atoms with Crippen molar-refractivity contribution >= 4 is 5.69 Å². The van der Waals surface area contributed by atoms with Crippen LogP contribution in [-0.4, -0.2) is 39.9 Å². The molecule has 2 rings (SSSR count). The van der Waals surface area contributed by atoms with Gasteiger partial charge in [0.15, 0.2) is 0 Å². The highest BCUT2D eigenvalue weighted by Gasteiger charge is 2.15. The van der Waals surface area contributed by atoms with Crippen molar-refractivity contribution in [2.24, 2.45) is 0 Å². The average molecular weight is 238 g/mol. The third-order valence-electron chi connectivity index (χ3n) is 3.04. The van der Waals surface area contributed by atoms with Gasteiger partial charge in [-0.1, -0.05) is 6.07 Å². The van der Waals surface area contributed by atoms with Crippen molar-refractivity contribution in [3.8, 4) is 0 Å². The molecule has 0 saturated carbocycles. The Balaban J connectivity index is 2.19. The van der Waals surface area contributed by atoms with Crippen LogP contribution in [0, 0.1) is 5.82 Å². The van der Waals surface area contributed by atoms with Gasteiger partial charge in [-0.05, 0) is 37.7 Å². The van der Waals surface area contributed by atoms with Crippen LogP contribution < -0.4 is 10.2 Å². The maximum atomic E-state index is 13.4. The van der Waals surface area contributed by atoms with E-state index in [9.17, 15) is 4.39 Å². The first-order valence-electron chi connectivity index (χ1n) is 6.07. The van der Waals surface area contributed by atoms with E-state index in [0.717, 1.165) is 45.0 Å². The Hall–Kier alpha value is -1.13. The lowest BCUT2D eigenvalue weighted by atomic mass is 10.1. The number of ether oxygens (including phenoxy) is 1. The largest absolute Gasteiger partial charge is 0.378 e. The SMILES string of the molecule is CNCCc1ccc(F)cc1N1CCOCC1. The minimum Gasteiger partial charge on any atom is -0.378 e. The molecule has 1 aliphatic heterocycles. The molecule has 1 fully saturated rings. The quantitative estimate of drug-likeness (QED) is 0.858. The highest BCUT2D eigenvalue weighted by molar-refractivity contribution is 5.54. The molecule has 1 aromatic carbocycles. The first-order chi connectivity index (χ1) is 8.31. The van der Waals surface area contributed by atoms with Crippen LogP contribution in [0.25, 0.3) is 0 Å². The number of benzene rings is 1. The molecule has 0 aromatic heterocycles. The van der Waals surface area contributed by atoms with Crippen LogP contribution in [0.4, 0.5) is 10.1 Å². The van der Waals surface area contributed by atoms with E-state index in [-0.39, 0.29) is 5.82 Å². The number of halogens is 1. The fourth-order valence-electron chi connectivity index (χ4n) is 2.11. The van der Waals surface area contributed by atoms with Crippen molar-refractivity contribution in [3.05, 3.63) is 29.6 Å². The summed E-state index contributed by atoms with van der Waals surface area (Å²) in [6.07, 6.45) is 0.920. The molecular weight excluding hydrogens is 219 g/mol. The minimum atomic E-state index is -0.167. The molecule has 1 N–H and O–H groups in total. The Morgan fingerprint density at radius 2 is 2.12 bits per heavy atom. The second-order valence-corrected chi connectivity index (χ2v) is 4.23. The molecule has 0 spiro atoms. The molecule has 1 saturated heterocycles. The van der Waals surface area contributed by atoms with Crippen molar-refractivity contribution in [3.63, 3.8) is 0 Å². The van der Waals surface area contributed by atoms with Gasteiger partial charge in [-0.3, -0.25) is 0 Å². The molecule has 1 aliphatic rings. The Kier molecular flexibility index (Phi) is 4.34. The summed E-state index contributed by atoms with van der Waals surface area (Å²) in [5.41, 5.74) is 2.21. The molecular formula is C13H19FN2O. The number of morpholine rings is 1. The summed E-state index contributed by atoms with van der Waals surface area (Å²) < 4.78 is 18.7. The Labute approximate surface area is 102 Å². The van der Waals surface area contributed by atoms with Gasteiger partial charge in [-0.15, -0.1) is 0 Å². The monoisotopic (exact) mass is 238 g/mol. The molecule has 0 bridgehead atoms. The average Bonchev–Trinajstić information content (AvgIpc) is 2.38. The van der Waals surface area contributed by atoms with E-state index in [1.807, 2.05) is 13.1 Å². The van der Waals surface area contributed by atoms with Gasteiger partial charge in [0.2, 0.25) is 0 Å². The van der Waals surface area contributed by atoms with Crippen molar-refractivity contribution in [2.75, 3.05) is 44.8 Å². The van der Waals surface area contributed by atoms with E-state index in [1.54, 1.807) is 6.07 Å². The van der Waals surface area contributed by atoms with Gasteiger partial charge >= 0.3 is 0 Å². The smallest absolute Gasteiger partial charge is 0.125 e. The topological polar surface area (TPSA) is 24.5 Å². The molecule has 0 radical (unpaired) electrons. The number of anilines is 1. The molecule has 17 heavy (non-hydrogen) atoms. The second kappa shape index (κ2) is 5.98. The molecule has 0 atom stereocenters. The van der Waals surface area contributed by atoms with Gasteiger partial charge in [-0.25, -0.2) is 4.39 Å². The van der Waals surface area contributed by atoms with E-state index in [4.69, 9.17) is 4.74 Å². The van der Waals surface area contributed by atoms with Crippen LogP contribution in [0.5, 0.6) is 0 Å². The first kappa shape index (κ1) is 12.3. The predicted molar refractivity (Wildman–Crippen MR) is 67.1 cm³/mol. The van der Waals surface area contributed by atoms with Crippen LogP contribution in [0.15, 0.2) is 18.2 Å². The van der Waals surface area contributed by atoms with Gasteiger partial charge in [-0.2, -0.15) is 0 Å².